The number of nitrogens with one attached hydrogen (secondary N) is 1. The Morgan fingerprint density at radius 2 is 1.91 bits per heavy atom. The first-order valence-electron chi connectivity index (χ1n) is 10.7. The van der Waals surface area contributed by atoms with Crippen LogP contribution in [0.4, 0.5) is 4.79 Å². The van der Waals surface area contributed by atoms with Gasteiger partial charge in [0.1, 0.15) is 11.5 Å². The number of nitrogens with zero attached hydrogens (tertiary/aromatic N) is 1. The van der Waals surface area contributed by atoms with Crippen LogP contribution in [0, 0.1) is 5.41 Å². The summed E-state index contributed by atoms with van der Waals surface area (Å²) in [7, 11) is 0. The summed E-state index contributed by atoms with van der Waals surface area (Å²) in [4.78, 5) is 25.5. The second-order valence-corrected chi connectivity index (χ2v) is 9.76. The number of unbranched alkanes of at least 4 members (excludes halogenated alkanes) is 1. The summed E-state index contributed by atoms with van der Waals surface area (Å²) in [6.07, 6.45) is 2.00. The van der Waals surface area contributed by atoms with Crippen LogP contribution in [0.3, 0.4) is 0 Å². The lowest BCUT2D eigenvalue weighted by molar-refractivity contribution is 0.171. The molecule has 2 N–H and O–H groups in total. The zero-order chi connectivity index (χ0) is 24.3. The van der Waals surface area contributed by atoms with Gasteiger partial charge in [0.25, 0.3) is 5.56 Å². The first-order valence-corrected chi connectivity index (χ1v) is 11.5. The number of fused-ring (bicyclic) bond motifs is 1. The highest BCUT2D eigenvalue weighted by atomic mass is 35.5. The molecule has 0 saturated heterocycles. The van der Waals surface area contributed by atoms with E-state index in [1.54, 1.807) is 18.2 Å². The number of pyridine rings is 1. The average molecular weight is 495 g/mol. The van der Waals surface area contributed by atoms with Crippen LogP contribution < -0.4 is 15.6 Å². The Labute approximate surface area is 202 Å². The highest BCUT2D eigenvalue weighted by Gasteiger charge is 2.35. The molecule has 1 aromatic carbocycles. The summed E-state index contributed by atoms with van der Waals surface area (Å²) in [6.45, 7) is 8.20. The maximum Gasteiger partial charge on any atom is 0.405 e. The highest BCUT2D eigenvalue weighted by molar-refractivity contribution is 6.42. The van der Waals surface area contributed by atoms with Gasteiger partial charge in [-0.25, -0.2) is 4.79 Å². The summed E-state index contributed by atoms with van der Waals surface area (Å²) < 4.78 is 13.2. The molecule has 33 heavy (non-hydrogen) atoms. The monoisotopic (exact) mass is 494 g/mol. The van der Waals surface area contributed by atoms with Crippen molar-refractivity contribution in [2.75, 3.05) is 6.61 Å². The summed E-state index contributed by atoms with van der Waals surface area (Å²) in [5, 5.41) is 13.6. The summed E-state index contributed by atoms with van der Waals surface area (Å²) in [5.74, 6) is 0.942. The molecule has 1 atom stereocenters. The number of hydrogen-bond donors (Lipinski definition) is 2. The van der Waals surface area contributed by atoms with E-state index in [0.717, 1.165) is 12.8 Å². The Balaban J connectivity index is 2.43. The number of aromatic nitrogens is 1. The minimum atomic E-state index is -1.21. The molecule has 3 aromatic rings. The van der Waals surface area contributed by atoms with Gasteiger partial charge >= 0.3 is 6.09 Å². The van der Waals surface area contributed by atoms with E-state index < -0.39 is 17.6 Å². The third-order valence-electron chi connectivity index (χ3n) is 5.35. The second kappa shape index (κ2) is 10.1. The van der Waals surface area contributed by atoms with E-state index in [1.165, 1.54) is 16.9 Å². The summed E-state index contributed by atoms with van der Waals surface area (Å²) in [6, 6.07) is 5.83. The van der Waals surface area contributed by atoms with E-state index in [4.69, 9.17) is 32.4 Å². The number of hydrogen-bond acceptors (Lipinski definition) is 4. The largest absolute Gasteiger partial charge is 0.491 e. The average Bonchev–Trinajstić information content (AvgIpc) is 3.24. The Hall–Kier alpha value is -2.64. The normalized spacial score (nSPS) is 12.7. The van der Waals surface area contributed by atoms with Crippen LogP contribution in [0.25, 0.3) is 10.8 Å². The van der Waals surface area contributed by atoms with E-state index in [1.807, 2.05) is 27.7 Å². The fraction of sp³-hybridized carbons (Fsp3) is 0.417. The van der Waals surface area contributed by atoms with Crippen molar-refractivity contribution in [3.05, 3.63) is 62.4 Å². The molecule has 178 valence electrons. The zero-order valence-corrected chi connectivity index (χ0v) is 20.6. The van der Waals surface area contributed by atoms with Crippen LogP contribution in [0.5, 0.6) is 5.75 Å². The number of rotatable bonds is 8. The van der Waals surface area contributed by atoms with Crippen molar-refractivity contribution >= 4 is 40.1 Å². The first kappa shape index (κ1) is 25.0. The quantitative estimate of drug-likeness (QED) is 0.349. The number of carbonyl (C=O) groups is 1. The lowest BCUT2D eigenvalue weighted by Gasteiger charge is -2.34. The summed E-state index contributed by atoms with van der Waals surface area (Å²) in [5.41, 5.74) is -0.532. The van der Waals surface area contributed by atoms with Crippen molar-refractivity contribution < 1.29 is 19.1 Å². The zero-order valence-electron chi connectivity index (χ0n) is 19.1. The molecule has 0 saturated carbocycles. The lowest BCUT2D eigenvalue weighted by atomic mass is 9.83. The van der Waals surface area contributed by atoms with Gasteiger partial charge < -0.3 is 19.6 Å². The second-order valence-electron chi connectivity index (χ2n) is 8.95. The number of halogens is 2. The minimum Gasteiger partial charge on any atom is -0.491 e. The maximum atomic E-state index is 13.7. The molecule has 1 unspecified atom stereocenters. The molecule has 9 heteroatoms. The van der Waals surface area contributed by atoms with E-state index >= 15 is 0 Å². The molecule has 2 aromatic heterocycles. The van der Waals surface area contributed by atoms with E-state index in [0.29, 0.717) is 34.6 Å². The Morgan fingerprint density at radius 3 is 2.45 bits per heavy atom. The number of furan rings is 1. The van der Waals surface area contributed by atoms with Crippen molar-refractivity contribution in [2.24, 2.45) is 5.41 Å². The van der Waals surface area contributed by atoms with Gasteiger partial charge in [-0.1, -0.05) is 57.3 Å². The molecule has 3 rings (SSSR count). The smallest absolute Gasteiger partial charge is 0.405 e. The number of carboxylic acid groups (broad SMARTS) is 1. The van der Waals surface area contributed by atoms with Crippen molar-refractivity contribution in [3.8, 4) is 5.75 Å². The van der Waals surface area contributed by atoms with Crippen LogP contribution in [-0.4, -0.2) is 22.4 Å². The van der Waals surface area contributed by atoms with Gasteiger partial charge in [0.05, 0.1) is 46.6 Å². The van der Waals surface area contributed by atoms with Crippen molar-refractivity contribution in [3.63, 3.8) is 0 Å². The standard InChI is InChI=1S/C24H28Cl2N2O5/c1-5-6-9-33-20-15-11-17(25)18(26)12-16(15)22(29)28(13-14-8-7-10-32-14)19(20)21(24(2,3)4)27-23(30)31/h7-8,10-12,21,27H,5-6,9,13H2,1-4H3,(H,30,31). The number of amides is 1. The predicted molar refractivity (Wildman–Crippen MR) is 130 cm³/mol. The molecule has 0 bridgehead atoms. The molecule has 2 heterocycles. The van der Waals surface area contributed by atoms with E-state index in [9.17, 15) is 14.7 Å². The van der Waals surface area contributed by atoms with E-state index in [2.05, 4.69) is 5.32 Å². The Kier molecular flexibility index (Phi) is 7.65. The predicted octanol–water partition coefficient (Wildman–Crippen LogP) is 6.48. The van der Waals surface area contributed by atoms with Crippen LogP contribution in [0.15, 0.2) is 39.7 Å². The number of benzene rings is 1. The highest BCUT2D eigenvalue weighted by Crippen LogP contribution is 2.42. The van der Waals surface area contributed by atoms with Crippen LogP contribution in [-0.2, 0) is 6.54 Å². The summed E-state index contributed by atoms with van der Waals surface area (Å²) >= 11 is 12.6. The molecule has 0 fully saturated rings. The van der Waals surface area contributed by atoms with Crippen LogP contribution in [0.1, 0.15) is 58.0 Å². The third-order valence-corrected chi connectivity index (χ3v) is 6.07. The molecule has 1 amide bonds. The topological polar surface area (TPSA) is 93.7 Å². The fourth-order valence-corrected chi connectivity index (χ4v) is 4.05. The van der Waals surface area contributed by atoms with Gasteiger partial charge in [-0.2, -0.15) is 0 Å². The van der Waals surface area contributed by atoms with Gasteiger partial charge in [0.15, 0.2) is 0 Å². The van der Waals surface area contributed by atoms with Crippen molar-refractivity contribution in [1.82, 2.24) is 9.88 Å². The minimum absolute atomic E-state index is 0.0926. The first-order chi connectivity index (χ1) is 15.5. The van der Waals surface area contributed by atoms with Crippen LogP contribution in [0.2, 0.25) is 10.0 Å². The molecular formula is C24H28Cl2N2O5. The van der Waals surface area contributed by atoms with Gasteiger partial charge in [-0.05, 0) is 36.1 Å². The Bertz CT molecular complexity index is 1200. The van der Waals surface area contributed by atoms with Gasteiger partial charge in [0.2, 0.25) is 0 Å². The van der Waals surface area contributed by atoms with Crippen molar-refractivity contribution in [2.45, 2.75) is 53.1 Å². The number of ether oxygens (including phenoxy) is 1. The molecule has 0 aliphatic heterocycles. The van der Waals surface area contributed by atoms with Gasteiger partial charge in [-0.15, -0.1) is 0 Å². The molecule has 0 aliphatic carbocycles. The Morgan fingerprint density at radius 1 is 1.24 bits per heavy atom. The maximum absolute atomic E-state index is 13.7. The third kappa shape index (κ3) is 5.47. The van der Waals surface area contributed by atoms with Gasteiger partial charge in [-0.3, -0.25) is 9.36 Å². The fourth-order valence-electron chi connectivity index (χ4n) is 3.72. The lowest BCUT2D eigenvalue weighted by Crippen LogP contribution is -2.40. The molecule has 0 radical (unpaired) electrons. The molecule has 7 nitrogen and oxygen atoms in total. The van der Waals surface area contributed by atoms with Crippen LogP contribution >= 0.6 is 23.2 Å². The van der Waals surface area contributed by atoms with E-state index in [-0.39, 0.29) is 22.1 Å². The molecule has 0 spiro atoms. The molecular weight excluding hydrogens is 467 g/mol. The SMILES string of the molecule is CCCCOc1c(C(NC(=O)O)C(C)(C)C)n(Cc2ccco2)c(=O)c2cc(Cl)c(Cl)cc12. The van der Waals surface area contributed by atoms with Gasteiger partial charge in [0, 0.05) is 5.39 Å². The molecule has 0 aliphatic rings. The van der Waals surface area contributed by atoms with Crippen molar-refractivity contribution in [1.29, 1.82) is 0 Å².